The summed E-state index contributed by atoms with van der Waals surface area (Å²) in [5.41, 5.74) is 13.6. The van der Waals surface area contributed by atoms with Crippen molar-refractivity contribution >= 4 is 21.1 Å². The van der Waals surface area contributed by atoms with E-state index in [0.717, 1.165) is 12.8 Å². The first-order chi connectivity index (χ1) is 18.1. The Hall–Kier alpha value is -1.44. The Morgan fingerprint density at radius 3 is 1.38 bits per heavy atom. The second-order valence-electron chi connectivity index (χ2n) is 10.2. The Bertz CT molecular complexity index is 1210. The van der Waals surface area contributed by atoms with Crippen molar-refractivity contribution in [1.82, 2.24) is 0 Å². The molecule has 2 aliphatic carbocycles. The summed E-state index contributed by atoms with van der Waals surface area (Å²) in [6.45, 7) is 8.78. The Labute approximate surface area is 275 Å². The minimum absolute atomic E-state index is 0. The molecule has 40 heavy (non-hydrogen) atoms. The molecule has 0 heterocycles. The summed E-state index contributed by atoms with van der Waals surface area (Å²) >= 11 is 0.149. The van der Waals surface area contributed by atoms with Crippen molar-refractivity contribution in [3.63, 3.8) is 0 Å². The van der Waals surface area contributed by atoms with Crippen LogP contribution in [0.3, 0.4) is 0 Å². The summed E-state index contributed by atoms with van der Waals surface area (Å²) in [5, 5.41) is 0. The first-order valence-electron chi connectivity index (χ1n) is 14.0. The van der Waals surface area contributed by atoms with E-state index in [-0.39, 0.29) is 62.2 Å². The first-order valence-corrected chi connectivity index (χ1v) is 18.0. The molecule has 0 N–H and O–H groups in total. The fraction of sp³-hybridized carbons (Fsp3) is 0.316. The molecular formula is C38H46SnZr. The second-order valence-corrected chi connectivity index (χ2v) is 14.5. The van der Waals surface area contributed by atoms with E-state index in [0.29, 0.717) is 0 Å². The van der Waals surface area contributed by atoms with Gasteiger partial charge in [-0.05, 0) is 12.8 Å². The summed E-state index contributed by atoms with van der Waals surface area (Å²) in [6.07, 6.45) is 7.94. The van der Waals surface area contributed by atoms with Crippen LogP contribution in [0.15, 0.2) is 72.8 Å². The fourth-order valence-electron chi connectivity index (χ4n) is 5.08. The molecule has 2 aliphatic rings. The largest absolute Gasteiger partial charge is 4.00 e. The number of fused-ring (bicyclic) bond motifs is 6. The molecule has 2 radical (unpaired) electrons. The monoisotopic (exact) mass is 712 g/mol. The molecule has 206 valence electrons. The van der Waals surface area contributed by atoms with Gasteiger partial charge in [0.05, 0.1) is 0 Å². The zero-order valence-electron chi connectivity index (χ0n) is 25.6. The van der Waals surface area contributed by atoms with Gasteiger partial charge >= 0.3 is 95.7 Å². The van der Waals surface area contributed by atoms with Crippen molar-refractivity contribution in [2.24, 2.45) is 0 Å². The van der Waals surface area contributed by atoms with Crippen LogP contribution in [0.2, 0.25) is 8.87 Å². The fourth-order valence-corrected chi connectivity index (χ4v) is 9.24. The van der Waals surface area contributed by atoms with Crippen LogP contribution in [0.1, 0.15) is 72.9 Å². The maximum absolute atomic E-state index is 3.43. The number of benzene rings is 4. The molecule has 4 aromatic carbocycles. The predicted molar refractivity (Wildman–Crippen MR) is 175 cm³/mol. The average Bonchev–Trinajstić information content (AvgIpc) is 3.46. The van der Waals surface area contributed by atoms with E-state index in [1.807, 2.05) is 0 Å². The molecule has 0 unspecified atom stereocenters. The smallest absolute Gasteiger partial charge is 0.358 e. The van der Waals surface area contributed by atoms with E-state index >= 15 is 0 Å². The molecular weight excluding hydrogens is 666 g/mol. The summed E-state index contributed by atoms with van der Waals surface area (Å²) in [4.78, 5) is 0. The van der Waals surface area contributed by atoms with E-state index < -0.39 is 0 Å². The first kappa shape index (κ1) is 36.6. The van der Waals surface area contributed by atoms with E-state index in [1.54, 1.807) is 8.87 Å². The van der Waals surface area contributed by atoms with Crippen molar-refractivity contribution in [2.45, 2.75) is 75.1 Å². The predicted octanol–water partition coefficient (Wildman–Crippen LogP) is 10.8. The molecule has 0 atom stereocenters. The van der Waals surface area contributed by atoms with Gasteiger partial charge in [-0.1, -0.05) is 84.6 Å². The molecule has 0 aliphatic heterocycles. The number of hydrogen-bond acceptors (Lipinski definition) is 0. The molecule has 4 aromatic rings. The van der Waals surface area contributed by atoms with Gasteiger partial charge in [-0.2, -0.15) is 47.5 Å². The normalized spacial score (nSPS) is 10.9. The molecule has 6 rings (SSSR count). The number of rotatable bonds is 6. The maximum atomic E-state index is 3.43. The number of hydrogen-bond donors (Lipinski definition) is 0. The summed E-state index contributed by atoms with van der Waals surface area (Å²) in [6, 6.07) is 32.8. The van der Waals surface area contributed by atoms with Gasteiger partial charge in [0.15, 0.2) is 0 Å². The molecule has 0 saturated carbocycles. The van der Waals surface area contributed by atoms with Gasteiger partial charge in [0.25, 0.3) is 0 Å². The maximum Gasteiger partial charge on any atom is 4.00 e. The van der Waals surface area contributed by atoms with Crippen LogP contribution in [0.25, 0.3) is 22.3 Å². The van der Waals surface area contributed by atoms with Gasteiger partial charge in [0.1, 0.15) is 0 Å². The van der Waals surface area contributed by atoms with Gasteiger partial charge in [0, 0.05) is 0 Å². The third kappa shape index (κ3) is 9.84. The van der Waals surface area contributed by atoms with Crippen molar-refractivity contribution in [3.05, 3.63) is 133 Å². The molecule has 0 amide bonds. The standard InChI is InChI=1S/2C14H11.2C4H9.2CH3.Sn.Zr/c2*1-10-6-7-14-12(8-10)9-11-4-2-3-5-13(11)14;2*1-3-4-2;;;;/h2*2-7H,9H2,1H3;2*1,3-4H2,2H3;2*1H3;;/q2*-1;;;2*-1;;+4. The minimum Gasteiger partial charge on any atom is -0.358 e. The summed E-state index contributed by atoms with van der Waals surface area (Å²) < 4.78 is 3.25. The minimum atomic E-state index is 0. The van der Waals surface area contributed by atoms with E-state index in [9.17, 15) is 0 Å². The van der Waals surface area contributed by atoms with Crippen LogP contribution < -0.4 is 0 Å². The van der Waals surface area contributed by atoms with Crippen molar-refractivity contribution in [3.8, 4) is 22.3 Å². The van der Waals surface area contributed by atoms with Crippen LogP contribution in [0.4, 0.5) is 0 Å². The molecule has 0 aromatic heterocycles. The van der Waals surface area contributed by atoms with Gasteiger partial charge in [-0.25, -0.2) is 0 Å². The summed E-state index contributed by atoms with van der Waals surface area (Å²) in [5.74, 6) is 0. The molecule has 0 saturated heterocycles. The van der Waals surface area contributed by atoms with Crippen LogP contribution in [0, 0.1) is 40.8 Å². The zero-order valence-corrected chi connectivity index (χ0v) is 30.9. The molecule has 0 spiro atoms. The number of aryl methyl sites for hydroxylation is 2. The van der Waals surface area contributed by atoms with Gasteiger partial charge < -0.3 is 14.9 Å². The molecule has 0 nitrogen and oxygen atoms in total. The van der Waals surface area contributed by atoms with Crippen LogP contribution >= 0.6 is 0 Å². The van der Waals surface area contributed by atoms with E-state index in [1.165, 1.54) is 81.3 Å². The Morgan fingerprint density at radius 1 is 0.575 bits per heavy atom. The quantitative estimate of drug-likeness (QED) is 0.0916. The van der Waals surface area contributed by atoms with Gasteiger partial charge in [0.2, 0.25) is 0 Å². The third-order valence-electron chi connectivity index (χ3n) is 7.11. The third-order valence-corrected chi connectivity index (χ3v) is 11.1. The Morgan fingerprint density at radius 2 is 0.975 bits per heavy atom. The van der Waals surface area contributed by atoms with Crippen molar-refractivity contribution in [2.75, 3.05) is 0 Å². The van der Waals surface area contributed by atoms with Crippen LogP contribution in [-0.4, -0.2) is 21.1 Å². The van der Waals surface area contributed by atoms with Gasteiger partial charge in [-0.15, -0.1) is 22.3 Å². The van der Waals surface area contributed by atoms with E-state index in [4.69, 9.17) is 0 Å². The van der Waals surface area contributed by atoms with E-state index in [2.05, 4.69) is 113 Å². The molecule has 2 heteroatoms. The topological polar surface area (TPSA) is 0 Å². The van der Waals surface area contributed by atoms with Crippen molar-refractivity contribution in [1.29, 1.82) is 0 Å². The van der Waals surface area contributed by atoms with Gasteiger partial charge in [-0.3, -0.25) is 0 Å². The summed E-state index contributed by atoms with van der Waals surface area (Å²) in [7, 11) is 0. The number of unbranched alkanes of at least 4 members (excludes halogenated alkanes) is 2. The molecule has 0 fully saturated rings. The Balaban J connectivity index is 0.000000298. The van der Waals surface area contributed by atoms with Crippen LogP contribution in [-0.2, 0) is 39.0 Å². The Kier molecular flexibility index (Phi) is 17.3. The SMILES string of the molecule is CCC[CH2][Sn][CH2]CCC.Cc1[c-]c2c(cc1)-c1ccccc1C2.Cc1[c-]c2c(cc1)-c1ccccc1C2.[CH3-].[CH3-].[Zr+4]. The second kappa shape index (κ2) is 18.9. The van der Waals surface area contributed by atoms with Crippen molar-refractivity contribution < 1.29 is 26.2 Å². The van der Waals surface area contributed by atoms with Crippen LogP contribution in [0.5, 0.6) is 0 Å². The molecule has 0 bridgehead atoms. The zero-order chi connectivity index (χ0) is 26.0. The average molecular weight is 713 g/mol.